The van der Waals surface area contributed by atoms with Crippen LogP contribution in [0.4, 0.5) is 11.4 Å². The van der Waals surface area contributed by atoms with Crippen LogP contribution in [-0.4, -0.2) is 12.6 Å². The zero-order chi connectivity index (χ0) is 13.2. The molecule has 1 aromatic rings. The SMILES string of the molecule is CCOc1cccc(NC2CCCC2(C)C)c1N. The lowest BCUT2D eigenvalue weighted by Gasteiger charge is -2.29. The van der Waals surface area contributed by atoms with Gasteiger partial charge in [0, 0.05) is 6.04 Å². The number of hydrogen-bond acceptors (Lipinski definition) is 3. The predicted molar refractivity (Wildman–Crippen MR) is 77.1 cm³/mol. The molecule has 1 aromatic carbocycles. The molecule has 2 rings (SSSR count). The molecule has 1 aliphatic rings. The molecule has 0 radical (unpaired) electrons. The highest BCUT2D eigenvalue weighted by molar-refractivity contribution is 5.73. The maximum atomic E-state index is 6.15. The summed E-state index contributed by atoms with van der Waals surface area (Å²) in [5.41, 5.74) is 8.21. The highest BCUT2D eigenvalue weighted by Crippen LogP contribution is 2.40. The highest BCUT2D eigenvalue weighted by Gasteiger charge is 2.34. The average Bonchev–Trinajstić information content (AvgIpc) is 2.64. The van der Waals surface area contributed by atoms with Crippen molar-refractivity contribution < 1.29 is 4.74 Å². The van der Waals surface area contributed by atoms with Crippen LogP contribution in [0.1, 0.15) is 40.0 Å². The second-order valence-corrected chi connectivity index (χ2v) is 5.73. The Morgan fingerprint density at radius 3 is 2.83 bits per heavy atom. The molecule has 18 heavy (non-hydrogen) atoms. The van der Waals surface area contributed by atoms with E-state index >= 15 is 0 Å². The monoisotopic (exact) mass is 248 g/mol. The molecule has 0 aromatic heterocycles. The zero-order valence-electron chi connectivity index (χ0n) is 11.6. The third kappa shape index (κ3) is 2.55. The molecule has 0 spiro atoms. The topological polar surface area (TPSA) is 47.3 Å². The second kappa shape index (κ2) is 5.09. The van der Waals surface area contributed by atoms with Gasteiger partial charge in [-0.3, -0.25) is 0 Å². The number of hydrogen-bond donors (Lipinski definition) is 2. The van der Waals surface area contributed by atoms with E-state index in [1.54, 1.807) is 0 Å². The van der Waals surface area contributed by atoms with Gasteiger partial charge in [0.15, 0.2) is 0 Å². The van der Waals surface area contributed by atoms with Crippen LogP contribution in [0.3, 0.4) is 0 Å². The highest BCUT2D eigenvalue weighted by atomic mass is 16.5. The standard InChI is InChI=1S/C15H24N2O/c1-4-18-12-8-5-7-11(14(12)16)17-13-9-6-10-15(13,2)3/h5,7-8,13,17H,4,6,9-10,16H2,1-3H3. The second-order valence-electron chi connectivity index (χ2n) is 5.73. The predicted octanol–water partition coefficient (Wildman–Crippen LogP) is 3.66. The van der Waals surface area contributed by atoms with Crippen molar-refractivity contribution in [2.24, 2.45) is 5.41 Å². The van der Waals surface area contributed by atoms with Crippen molar-refractivity contribution in [3.8, 4) is 5.75 Å². The van der Waals surface area contributed by atoms with Crippen molar-refractivity contribution in [1.82, 2.24) is 0 Å². The lowest BCUT2D eigenvalue weighted by atomic mass is 9.87. The van der Waals surface area contributed by atoms with E-state index in [9.17, 15) is 0 Å². The lowest BCUT2D eigenvalue weighted by molar-refractivity contribution is 0.341. The summed E-state index contributed by atoms with van der Waals surface area (Å²) in [6.07, 6.45) is 3.77. The fourth-order valence-corrected chi connectivity index (χ4v) is 2.73. The van der Waals surface area contributed by atoms with Crippen molar-refractivity contribution in [3.05, 3.63) is 18.2 Å². The maximum Gasteiger partial charge on any atom is 0.144 e. The molecular weight excluding hydrogens is 224 g/mol. The van der Waals surface area contributed by atoms with Crippen molar-refractivity contribution in [2.45, 2.75) is 46.1 Å². The number of nitrogens with two attached hydrogens (primary N) is 1. The molecule has 1 fully saturated rings. The summed E-state index contributed by atoms with van der Waals surface area (Å²) >= 11 is 0. The molecule has 0 aliphatic heterocycles. The normalized spacial score (nSPS) is 21.8. The third-order valence-corrected chi connectivity index (χ3v) is 3.95. The minimum atomic E-state index is 0.341. The van der Waals surface area contributed by atoms with Gasteiger partial charge in [0.25, 0.3) is 0 Å². The Labute approximate surface area is 110 Å². The van der Waals surface area contributed by atoms with Crippen molar-refractivity contribution in [3.63, 3.8) is 0 Å². The molecule has 0 saturated heterocycles. The third-order valence-electron chi connectivity index (χ3n) is 3.95. The van der Waals surface area contributed by atoms with E-state index in [-0.39, 0.29) is 0 Å². The molecule has 1 atom stereocenters. The number of para-hydroxylation sites is 1. The molecule has 0 heterocycles. The summed E-state index contributed by atoms with van der Waals surface area (Å²) < 4.78 is 5.53. The van der Waals surface area contributed by atoms with E-state index in [4.69, 9.17) is 10.5 Å². The number of ether oxygens (including phenoxy) is 1. The number of anilines is 2. The molecular formula is C15H24N2O. The molecule has 0 bridgehead atoms. The summed E-state index contributed by atoms with van der Waals surface area (Å²) in [5, 5.41) is 3.59. The molecule has 100 valence electrons. The summed E-state index contributed by atoms with van der Waals surface area (Å²) in [4.78, 5) is 0. The fourth-order valence-electron chi connectivity index (χ4n) is 2.73. The van der Waals surface area contributed by atoms with Gasteiger partial charge in [0.1, 0.15) is 5.75 Å². The van der Waals surface area contributed by atoms with E-state index in [1.807, 2.05) is 25.1 Å². The van der Waals surface area contributed by atoms with Crippen molar-refractivity contribution in [2.75, 3.05) is 17.7 Å². The van der Waals surface area contributed by atoms with Crippen LogP contribution in [-0.2, 0) is 0 Å². The Kier molecular flexibility index (Phi) is 3.69. The molecule has 3 nitrogen and oxygen atoms in total. The first-order valence-electron chi connectivity index (χ1n) is 6.82. The quantitative estimate of drug-likeness (QED) is 0.799. The molecule has 1 unspecified atom stereocenters. The first kappa shape index (κ1) is 13.1. The number of nitrogens with one attached hydrogen (secondary N) is 1. The van der Waals surface area contributed by atoms with Crippen LogP contribution >= 0.6 is 0 Å². The minimum Gasteiger partial charge on any atom is -0.492 e. The number of nitrogen functional groups attached to an aromatic ring is 1. The van der Waals surface area contributed by atoms with E-state index < -0.39 is 0 Å². The van der Waals surface area contributed by atoms with Crippen LogP contribution in [0.5, 0.6) is 5.75 Å². The van der Waals surface area contributed by atoms with E-state index in [0.717, 1.165) is 17.1 Å². The van der Waals surface area contributed by atoms with Crippen LogP contribution in [0, 0.1) is 5.41 Å². The van der Waals surface area contributed by atoms with Gasteiger partial charge in [0.2, 0.25) is 0 Å². The smallest absolute Gasteiger partial charge is 0.144 e. The van der Waals surface area contributed by atoms with Crippen LogP contribution in [0.2, 0.25) is 0 Å². The van der Waals surface area contributed by atoms with Gasteiger partial charge in [-0.25, -0.2) is 0 Å². The Morgan fingerprint density at radius 2 is 2.22 bits per heavy atom. The summed E-state index contributed by atoms with van der Waals surface area (Å²) in [6.45, 7) is 7.25. The summed E-state index contributed by atoms with van der Waals surface area (Å²) in [6, 6.07) is 6.44. The van der Waals surface area contributed by atoms with Gasteiger partial charge in [0.05, 0.1) is 18.0 Å². The van der Waals surface area contributed by atoms with Crippen molar-refractivity contribution in [1.29, 1.82) is 0 Å². The largest absolute Gasteiger partial charge is 0.492 e. The van der Waals surface area contributed by atoms with E-state index in [1.165, 1.54) is 19.3 Å². The Morgan fingerprint density at radius 1 is 1.44 bits per heavy atom. The maximum absolute atomic E-state index is 6.15. The molecule has 1 aliphatic carbocycles. The van der Waals surface area contributed by atoms with Crippen LogP contribution < -0.4 is 15.8 Å². The summed E-state index contributed by atoms with van der Waals surface area (Å²) in [7, 11) is 0. The van der Waals surface area contributed by atoms with Gasteiger partial charge in [-0.05, 0) is 37.3 Å². The minimum absolute atomic E-state index is 0.341. The van der Waals surface area contributed by atoms with Crippen molar-refractivity contribution >= 4 is 11.4 Å². The Balaban J connectivity index is 2.16. The van der Waals surface area contributed by atoms with Crippen LogP contribution in [0.15, 0.2) is 18.2 Å². The molecule has 0 amide bonds. The molecule has 3 heteroatoms. The van der Waals surface area contributed by atoms with Crippen LogP contribution in [0.25, 0.3) is 0 Å². The average molecular weight is 248 g/mol. The number of benzene rings is 1. The van der Waals surface area contributed by atoms with Gasteiger partial charge < -0.3 is 15.8 Å². The Hall–Kier alpha value is -1.38. The van der Waals surface area contributed by atoms with Gasteiger partial charge in [-0.15, -0.1) is 0 Å². The Bertz CT molecular complexity index is 415. The number of rotatable bonds is 4. The van der Waals surface area contributed by atoms with Gasteiger partial charge >= 0.3 is 0 Å². The molecule has 1 saturated carbocycles. The molecule has 3 N–H and O–H groups in total. The fraction of sp³-hybridized carbons (Fsp3) is 0.600. The lowest BCUT2D eigenvalue weighted by Crippen LogP contribution is -2.31. The van der Waals surface area contributed by atoms with E-state index in [2.05, 4.69) is 19.2 Å². The van der Waals surface area contributed by atoms with E-state index in [0.29, 0.717) is 18.1 Å². The van der Waals surface area contributed by atoms with Gasteiger partial charge in [-0.1, -0.05) is 26.3 Å². The zero-order valence-corrected chi connectivity index (χ0v) is 11.6. The van der Waals surface area contributed by atoms with Gasteiger partial charge in [-0.2, -0.15) is 0 Å². The summed E-state index contributed by atoms with van der Waals surface area (Å²) in [5.74, 6) is 0.776. The first-order valence-corrected chi connectivity index (χ1v) is 6.82. The first-order chi connectivity index (χ1) is 8.54.